The predicted molar refractivity (Wildman–Crippen MR) is 112 cm³/mol. The summed E-state index contributed by atoms with van der Waals surface area (Å²) in [6, 6.07) is 0. The van der Waals surface area contributed by atoms with E-state index in [0.717, 1.165) is 70.3 Å². The number of ether oxygens (including phenoxy) is 1. The van der Waals surface area contributed by atoms with Crippen molar-refractivity contribution in [3.63, 3.8) is 0 Å². The van der Waals surface area contributed by atoms with Gasteiger partial charge in [-0.1, -0.05) is 6.42 Å². The summed E-state index contributed by atoms with van der Waals surface area (Å²) < 4.78 is 7.39. The van der Waals surface area contributed by atoms with Crippen molar-refractivity contribution in [3.8, 4) is 0 Å². The first-order valence-electron chi connectivity index (χ1n) is 9.27. The van der Waals surface area contributed by atoms with Gasteiger partial charge in [-0.05, 0) is 32.6 Å². The lowest BCUT2D eigenvalue weighted by Crippen LogP contribution is -2.38. The number of aromatic nitrogens is 3. The highest BCUT2D eigenvalue weighted by Crippen LogP contribution is 2.15. The van der Waals surface area contributed by atoms with Crippen LogP contribution in [0.2, 0.25) is 0 Å². The molecule has 0 fully saturated rings. The van der Waals surface area contributed by atoms with E-state index in [1.54, 1.807) is 7.11 Å². The van der Waals surface area contributed by atoms with Crippen LogP contribution in [-0.4, -0.2) is 54.1 Å². The summed E-state index contributed by atoms with van der Waals surface area (Å²) in [7, 11) is 1.73. The fourth-order valence-electron chi connectivity index (χ4n) is 2.92. The maximum Gasteiger partial charge on any atom is 0.191 e. The Kier molecular flexibility index (Phi) is 11.8. The van der Waals surface area contributed by atoms with Crippen molar-refractivity contribution >= 4 is 29.9 Å². The van der Waals surface area contributed by atoms with Gasteiger partial charge in [0.25, 0.3) is 0 Å². The molecule has 1 aromatic rings. The van der Waals surface area contributed by atoms with Gasteiger partial charge in [0.05, 0.1) is 0 Å². The molecule has 0 spiro atoms. The molecule has 7 nitrogen and oxygen atoms in total. The Bertz CT molecular complexity index is 505. The van der Waals surface area contributed by atoms with E-state index in [0.29, 0.717) is 0 Å². The van der Waals surface area contributed by atoms with Crippen molar-refractivity contribution in [1.82, 2.24) is 25.4 Å². The number of halogens is 1. The highest BCUT2D eigenvalue weighted by Gasteiger charge is 2.13. The highest BCUT2D eigenvalue weighted by atomic mass is 127. The highest BCUT2D eigenvalue weighted by molar-refractivity contribution is 14.0. The van der Waals surface area contributed by atoms with Gasteiger partial charge >= 0.3 is 0 Å². The van der Waals surface area contributed by atoms with Crippen molar-refractivity contribution in [3.05, 3.63) is 11.6 Å². The number of nitrogens with zero attached hydrogens (tertiary/aromatic N) is 4. The zero-order valence-electron chi connectivity index (χ0n) is 15.6. The molecule has 0 aromatic carbocycles. The third kappa shape index (κ3) is 7.89. The number of nitrogens with one attached hydrogen (secondary N) is 2. The van der Waals surface area contributed by atoms with Crippen molar-refractivity contribution in [2.24, 2.45) is 4.99 Å². The number of methoxy groups -OCH3 is 1. The summed E-state index contributed by atoms with van der Waals surface area (Å²) in [5.41, 5.74) is 0. The van der Waals surface area contributed by atoms with E-state index in [1.807, 2.05) is 0 Å². The standard InChI is InChI=1S/C17H32N6O.HI/c1-3-18-17(20-12-8-14-24-2)19-11-7-10-16-22-21-15-9-5-4-6-13-23(15)16;/h3-14H2,1-2H3,(H2,18,19,20);1H. The fourth-order valence-corrected chi connectivity index (χ4v) is 2.92. The SMILES string of the molecule is CCNC(=NCCCc1nnc2n1CCCCC2)NCCCOC.I. The van der Waals surface area contributed by atoms with E-state index in [4.69, 9.17) is 4.74 Å². The quantitative estimate of drug-likeness (QED) is 0.254. The molecule has 144 valence electrons. The van der Waals surface area contributed by atoms with Crippen molar-refractivity contribution < 1.29 is 4.74 Å². The molecule has 0 radical (unpaired) electrons. The van der Waals surface area contributed by atoms with Crippen LogP contribution in [-0.2, 0) is 24.1 Å². The molecule has 1 aromatic heterocycles. The van der Waals surface area contributed by atoms with Crippen molar-refractivity contribution in [1.29, 1.82) is 0 Å². The second-order valence-corrected chi connectivity index (χ2v) is 6.13. The Hall–Kier alpha value is -0.900. The Morgan fingerprint density at radius 2 is 2.08 bits per heavy atom. The summed E-state index contributed by atoms with van der Waals surface area (Å²) in [5, 5.41) is 15.3. The van der Waals surface area contributed by atoms with Crippen LogP contribution in [0.15, 0.2) is 4.99 Å². The van der Waals surface area contributed by atoms with Crippen LogP contribution in [0.4, 0.5) is 0 Å². The third-order valence-electron chi connectivity index (χ3n) is 4.18. The topological polar surface area (TPSA) is 76.4 Å². The van der Waals surface area contributed by atoms with Crippen LogP contribution in [0.25, 0.3) is 0 Å². The van der Waals surface area contributed by atoms with E-state index >= 15 is 0 Å². The van der Waals surface area contributed by atoms with E-state index in [1.165, 1.54) is 25.1 Å². The first kappa shape index (κ1) is 22.1. The van der Waals surface area contributed by atoms with Crippen LogP contribution in [0.5, 0.6) is 0 Å². The van der Waals surface area contributed by atoms with Crippen LogP contribution >= 0.6 is 24.0 Å². The molecule has 0 saturated heterocycles. The van der Waals surface area contributed by atoms with Crippen LogP contribution in [0.3, 0.4) is 0 Å². The average Bonchev–Trinajstić information content (AvgIpc) is 2.82. The minimum Gasteiger partial charge on any atom is -0.385 e. The molecule has 0 aliphatic carbocycles. The molecule has 2 rings (SSSR count). The minimum atomic E-state index is 0. The van der Waals surface area contributed by atoms with Crippen LogP contribution < -0.4 is 10.6 Å². The van der Waals surface area contributed by atoms with Gasteiger partial charge < -0.3 is 19.9 Å². The van der Waals surface area contributed by atoms with E-state index in [2.05, 4.69) is 37.3 Å². The molecule has 0 unspecified atom stereocenters. The zero-order valence-corrected chi connectivity index (χ0v) is 17.9. The fraction of sp³-hybridized carbons (Fsp3) is 0.824. The summed E-state index contributed by atoms with van der Waals surface area (Å²) in [6.45, 7) is 6.46. The largest absolute Gasteiger partial charge is 0.385 e. The number of aryl methyl sites for hydroxylation is 2. The van der Waals surface area contributed by atoms with E-state index < -0.39 is 0 Å². The smallest absolute Gasteiger partial charge is 0.191 e. The van der Waals surface area contributed by atoms with Crippen molar-refractivity contribution in [2.75, 3.05) is 33.4 Å². The first-order chi connectivity index (χ1) is 11.8. The molecule has 0 atom stereocenters. The second kappa shape index (κ2) is 13.3. The molecule has 8 heteroatoms. The van der Waals surface area contributed by atoms with Gasteiger partial charge in [0.2, 0.25) is 0 Å². The number of rotatable bonds is 9. The number of hydrogen-bond acceptors (Lipinski definition) is 4. The molecule has 1 aliphatic rings. The van der Waals surface area contributed by atoms with E-state index in [9.17, 15) is 0 Å². The number of hydrogen-bond donors (Lipinski definition) is 2. The zero-order chi connectivity index (χ0) is 17.0. The van der Waals surface area contributed by atoms with Gasteiger partial charge in [-0.2, -0.15) is 0 Å². The van der Waals surface area contributed by atoms with Crippen LogP contribution in [0.1, 0.15) is 50.7 Å². The van der Waals surface area contributed by atoms with Crippen molar-refractivity contribution in [2.45, 2.75) is 58.4 Å². The molecule has 0 amide bonds. The molecule has 1 aliphatic heterocycles. The lowest BCUT2D eigenvalue weighted by Gasteiger charge is -2.11. The lowest BCUT2D eigenvalue weighted by molar-refractivity contribution is 0.195. The minimum absolute atomic E-state index is 0. The van der Waals surface area contributed by atoms with Crippen LogP contribution in [0, 0.1) is 0 Å². The normalized spacial score (nSPS) is 14.4. The molecular weight excluding hydrogens is 431 g/mol. The van der Waals surface area contributed by atoms with Gasteiger partial charge in [0, 0.05) is 52.7 Å². The van der Waals surface area contributed by atoms with Gasteiger partial charge in [-0.15, -0.1) is 34.2 Å². The van der Waals surface area contributed by atoms with E-state index in [-0.39, 0.29) is 24.0 Å². The first-order valence-corrected chi connectivity index (χ1v) is 9.27. The third-order valence-corrected chi connectivity index (χ3v) is 4.18. The summed E-state index contributed by atoms with van der Waals surface area (Å²) in [6.07, 6.45) is 7.77. The Morgan fingerprint density at radius 1 is 1.20 bits per heavy atom. The van der Waals surface area contributed by atoms with Gasteiger partial charge in [-0.3, -0.25) is 4.99 Å². The Balaban J connectivity index is 0.00000312. The lowest BCUT2D eigenvalue weighted by atomic mass is 10.2. The number of guanidine groups is 1. The summed E-state index contributed by atoms with van der Waals surface area (Å²) in [4.78, 5) is 4.64. The Morgan fingerprint density at radius 3 is 2.88 bits per heavy atom. The number of fused-ring (bicyclic) bond motifs is 1. The molecular formula is C17H33IN6O. The molecule has 25 heavy (non-hydrogen) atoms. The molecule has 0 bridgehead atoms. The number of aliphatic imine (C=N–C) groups is 1. The maximum atomic E-state index is 5.06. The predicted octanol–water partition coefficient (Wildman–Crippen LogP) is 2.15. The Labute approximate surface area is 168 Å². The molecule has 2 heterocycles. The summed E-state index contributed by atoms with van der Waals surface area (Å²) >= 11 is 0. The summed E-state index contributed by atoms with van der Waals surface area (Å²) in [5.74, 6) is 3.17. The van der Waals surface area contributed by atoms with Gasteiger partial charge in [0.1, 0.15) is 11.6 Å². The monoisotopic (exact) mass is 464 g/mol. The molecule has 2 N–H and O–H groups in total. The molecule has 0 saturated carbocycles. The maximum absolute atomic E-state index is 5.06. The second-order valence-electron chi connectivity index (χ2n) is 6.13. The average molecular weight is 464 g/mol. The van der Waals surface area contributed by atoms with Gasteiger partial charge in [-0.25, -0.2) is 0 Å². The van der Waals surface area contributed by atoms with Gasteiger partial charge in [0.15, 0.2) is 5.96 Å².